The van der Waals surface area contributed by atoms with E-state index in [0.29, 0.717) is 0 Å². The van der Waals surface area contributed by atoms with Crippen molar-refractivity contribution in [1.29, 1.82) is 0 Å². The van der Waals surface area contributed by atoms with Gasteiger partial charge in [-0.3, -0.25) is 4.68 Å². The van der Waals surface area contributed by atoms with Crippen molar-refractivity contribution in [2.45, 2.75) is 38.5 Å². The minimum absolute atomic E-state index is 0.780. The van der Waals surface area contributed by atoms with Gasteiger partial charge in [-0.05, 0) is 30.5 Å². The molecule has 3 rings (SSSR count). The third-order valence-corrected chi connectivity index (χ3v) is 3.13. The van der Waals surface area contributed by atoms with E-state index in [1.54, 1.807) is 0 Å². The Kier molecular flexibility index (Phi) is 2.96. The number of aromatic nitrogens is 3. The second-order valence-electron chi connectivity index (χ2n) is 4.68. The molecule has 0 unspecified atom stereocenters. The van der Waals surface area contributed by atoms with Crippen LogP contribution in [0.25, 0.3) is 0 Å². The normalized spacial score (nSPS) is 15.3. The van der Waals surface area contributed by atoms with Crippen molar-refractivity contribution in [2.24, 2.45) is 0 Å². The van der Waals surface area contributed by atoms with E-state index in [0.717, 1.165) is 25.7 Å². The summed E-state index contributed by atoms with van der Waals surface area (Å²) in [6.07, 6.45) is 10.9. The molecule has 1 aliphatic rings. The second-order valence-corrected chi connectivity index (χ2v) is 4.68. The number of aryl methyl sites for hydroxylation is 2. The van der Waals surface area contributed by atoms with Crippen molar-refractivity contribution >= 4 is 0 Å². The molecule has 2 aromatic rings. The highest BCUT2D eigenvalue weighted by Crippen LogP contribution is 2.19. The van der Waals surface area contributed by atoms with Crippen molar-refractivity contribution in [3.8, 4) is 0 Å². The van der Waals surface area contributed by atoms with E-state index in [1.165, 1.54) is 18.4 Å². The highest BCUT2D eigenvalue weighted by atomic mass is 15.3. The summed E-state index contributed by atoms with van der Waals surface area (Å²) < 4.78 is 4.19. The highest BCUT2D eigenvalue weighted by Gasteiger charge is 2.19. The topological polar surface area (TPSA) is 34.8 Å². The van der Waals surface area contributed by atoms with Crippen molar-refractivity contribution in [3.63, 3.8) is 0 Å². The summed E-state index contributed by atoms with van der Waals surface area (Å²) in [6, 6.07) is 4.93. The fraction of sp³-hybridized carbons (Fsp3) is 0.462. The molecule has 0 radical (unpaired) electrons. The Morgan fingerprint density at radius 2 is 2.24 bits per heavy atom. The van der Waals surface area contributed by atoms with Crippen LogP contribution in [-0.4, -0.2) is 20.4 Å². The summed E-state index contributed by atoms with van der Waals surface area (Å²) in [7, 11) is 0. The van der Waals surface area contributed by atoms with E-state index in [1.807, 2.05) is 23.1 Å². The van der Waals surface area contributed by atoms with Gasteiger partial charge in [0.1, 0.15) is 0 Å². The first-order valence-electron chi connectivity index (χ1n) is 6.25. The fourth-order valence-electron chi connectivity index (χ4n) is 1.93. The maximum Gasteiger partial charge on any atom is 0.0588 e. The van der Waals surface area contributed by atoms with E-state index in [9.17, 15) is 0 Å². The standard InChI is InChI=1S/C13H18N4/c1-5-15-17(6-1)9-8-16-7-4-12(11-16)10-14-13-2-3-13/h1,4-7,11,13-14H,2-3,8-10H2. The van der Waals surface area contributed by atoms with Crippen molar-refractivity contribution in [3.05, 3.63) is 42.5 Å². The van der Waals surface area contributed by atoms with Crippen LogP contribution >= 0.6 is 0 Å². The average Bonchev–Trinajstić information content (AvgIpc) is 2.86. The molecule has 0 aliphatic heterocycles. The molecule has 0 saturated heterocycles. The van der Waals surface area contributed by atoms with Crippen LogP contribution in [0.5, 0.6) is 0 Å². The third-order valence-electron chi connectivity index (χ3n) is 3.13. The molecule has 0 aromatic carbocycles. The van der Waals surface area contributed by atoms with E-state index in [-0.39, 0.29) is 0 Å². The van der Waals surface area contributed by atoms with E-state index in [2.05, 4.69) is 33.4 Å². The predicted octanol–water partition coefficient (Wildman–Crippen LogP) is 1.64. The SMILES string of the molecule is c1cnn(CCn2ccc(CNC3CC3)c2)c1. The molecule has 4 heteroatoms. The number of hydrogen-bond acceptors (Lipinski definition) is 2. The summed E-state index contributed by atoms with van der Waals surface area (Å²) in [5.74, 6) is 0. The van der Waals surface area contributed by atoms with E-state index >= 15 is 0 Å². The largest absolute Gasteiger partial charge is 0.352 e. The average molecular weight is 230 g/mol. The molecule has 0 amide bonds. The highest BCUT2D eigenvalue weighted by molar-refractivity contribution is 5.10. The predicted molar refractivity (Wildman–Crippen MR) is 66.5 cm³/mol. The van der Waals surface area contributed by atoms with Gasteiger partial charge in [-0.2, -0.15) is 5.10 Å². The first-order chi connectivity index (χ1) is 8.40. The first kappa shape index (κ1) is 10.6. The van der Waals surface area contributed by atoms with Crippen LogP contribution in [0.3, 0.4) is 0 Å². The molecule has 17 heavy (non-hydrogen) atoms. The van der Waals surface area contributed by atoms with Crippen LogP contribution in [-0.2, 0) is 19.6 Å². The molecular formula is C13H18N4. The Labute approximate surface area is 101 Å². The molecule has 0 spiro atoms. The van der Waals surface area contributed by atoms with Gasteiger partial charge in [0.15, 0.2) is 0 Å². The lowest BCUT2D eigenvalue weighted by Crippen LogP contribution is -2.14. The third kappa shape index (κ3) is 2.97. The minimum atomic E-state index is 0.780. The number of hydrogen-bond donors (Lipinski definition) is 1. The minimum Gasteiger partial charge on any atom is -0.352 e. The summed E-state index contributed by atoms with van der Waals surface area (Å²) in [4.78, 5) is 0. The lowest BCUT2D eigenvalue weighted by Gasteiger charge is -2.03. The zero-order valence-electron chi connectivity index (χ0n) is 9.92. The summed E-state index contributed by atoms with van der Waals surface area (Å²) >= 11 is 0. The zero-order valence-corrected chi connectivity index (χ0v) is 9.92. The Balaban J connectivity index is 1.49. The number of nitrogens with one attached hydrogen (secondary N) is 1. The molecule has 1 fully saturated rings. The molecule has 1 aliphatic carbocycles. The van der Waals surface area contributed by atoms with Crippen LogP contribution in [0.2, 0.25) is 0 Å². The molecule has 1 saturated carbocycles. The van der Waals surface area contributed by atoms with E-state index in [4.69, 9.17) is 0 Å². The summed E-state index contributed by atoms with van der Waals surface area (Å²) in [5.41, 5.74) is 1.37. The van der Waals surface area contributed by atoms with Crippen LogP contribution in [0.1, 0.15) is 18.4 Å². The van der Waals surface area contributed by atoms with Gasteiger partial charge in [0, 0.05) is 43.9 Å². The quantitative estimate of drug-likeness (QED) is 0.818. The molecule has 4 nitrogen and oxygen atoms in total. The summed E-state index contributed by atoms with van der Waals surface area (Å²) in [6.45, 7) is 2.90. The molecule has 0 atom stereocenters. The second kappa shape index (κ2) is 4.75. The lowest BCUT2D eigenvalue weighted by atomic mass is 10.3. The lowest BCUT2D eigenvalue weighted by molar-refractivity contribution is 0.534. The van der Waals surface area contributed by atoms with Gasteiger partial charge in [0.05, 0.1) is 6.54 Å². The first-order valence-corrected chi connectivity index (χ1v) is 6.25. The van der Waals surface area contributed by atoms with Crippen LogP contribution in [0, 0.1) is 0 Å². The molecule has 90 valence electrons. The Bertz CT molecular complexity index is 453. The molecule has 0 bridgehead atoms. The van der Waals surface area contributed by atoms with Crippen LogP contribution in [0.4, 0.5) is 0 Å². The van der Waals surface area contributed by atoms with Gasteiger partial charge in [0.25, 0.3) is 0 Å². The Hall–Kier alpha value is -1.55. The molecule has 1 N–H and O–H groups in total. The van der Waals surface area contributed by atoms with Crippen molar-refractivity contribution < 1.29 is 0 Å². The van der Waals surface area contributed by atoms with Gasteiger partial charge < -0.3 is 9.88 Å². The number of nitrogens with zero attached hydrogens (tertiary/aromatic N) is 3. The van der Waals surface area contributed by atoms with Gasteiger partial charge in [-0.15, -0.1) is 0 Å². The van der Waals surface area contributed by atoms with Crippen molar-refractivity contribution in [1.82, 2.24) is 19.7 Å². The van der Waals surface area contributed by atoms with E-state index < -0.39 is 0 Å². The molecule has 2 aromatic heterocycles. The smallest absolute Gasteiger partial charge is 0.0588 e. The Morgan fingerprint density at radius 1 is 1.29 bits per heavy atom. The Morgan fingerprint density at radius 3 is 3.00 bits per heavy atom. The monoisotopic (exact) mass is 230 g/mol. The number of rotatable bonds is 6. The zero-order chi connectivity index (χ0) is 11.5. The summed E-state index contributed by atoms with van der Waals surface area (Å²) in [5, 5.41) is 7.72. The van der Waals surface area contributed by atoms with Gasteiger partial charge in [0.2, 0.25) is 0 Å². The van der Waals surface area contributed by atoms with Crippen LogP contribution in [0.15, 0.2) is 36.9 Å². The maximum atomic E-state index is 4.20. The molecule has 2 heterocycles. The van der Waals surface area contributed by atoms with Crippen molar-refractivity contribution in [2.75, 3.05) is 0 Å². The molecular weight excluding hydrogens is 212 g/mol. The van der Waals surface area contributed by atoms with Gasteiger partial charge in [-0.1, -0.05) is 0 Å². The maximum absolute atomic E-state index is 4.20. The fourth-order valence-corrected chi connectivity index (χ4v) is 1.93. The van der Waals surface area contributed by atoms with Crippen LogP contribution < -0.4 is 5.32 Å². The van der Waals surface area contributed by atoms with Gasteiger partial charge in [-0.25, -0.2) is 0 Å². The van der Waals surface area contributed by atoms with Gasteiger partial charge >= 0.3 is 0 Å².